The number of guanidine groups is 1. The number of ether oxygens (including phenoxy) is 1. The van der Waals surface area contributed by atoms with Gasteiger partial charge < -0.3 is 20.3 Å². The van der Waals surface area contributed by atoms with Crippen molar-refractivity contribution in [2.24, 2.45) is 10.9 Å². The fraction of sp³-hybridized carbons (Fsp3) is 0.895. The van der Waals surface area contributed by atoms with Crippen molar-refractivity contribution in [3.8, 4) is 0 Å². The zero-order valence-electron chi connectivity index (χ0n) is 18.2. The molecule has 2 unspecified atom stereocenters. The molecular formula is C19H35F3IN5O2. The number of rotatable bonds is 4. The Morgan fingerprint density at radius 1 is 1.17 bits per heavy atom. The number of carbonyl (C=O) groups is 1. The van der Waals surface area contributed by atoms with Crippen LogP contribution in [0.5, 0.6) is 0 Å². The van der Waals surface area contributed by atoms with Crippen LogP contribution in [-0.4, -0.2) is 86.0 Å². The van der Waals surface area contributed by atoms with Crippen LogP contribution in [0.15, 0.2) is 4.99 Å². The molecule has 0 aromatic heterocycles. The van der Waals surface area contributed by atoms with E-state index >= 15 is 0 Å². The number of amides is 1. The van der Waals surface area contributed by atoms with E-state index in [4.69, 9.17) is 4.74 Å². The summed E-state index contributed by atoms with van der Waals surface area (Å²) in [6.07, 6.45) is -1.92. The van der Waals surface area contributed by atoms with E-state index in [1.165, 1.54) is 4.90 Å². The summed E-state index contributed by atoms with van der Waals surface area (Å²) in [5.41, 5.74) is -0.518. The van der Waals surface area contributed by atoms with Gasteiger partial charge in [0.25, 0.3) is 0 Å². The smallest absolute Gasteiger partial charge is 0.410 e. The maximum atomic E-state index is 12.5. The SMILES string of the molecule is CN=C(NCC1CCCN(C(=O)OC(C)(C)C)C1)NC1CCN(CC(F)(F)F)C1.I. The number of carbonyl (C=O) groups excluding carboxylic acids is 1. The van der Waals surface area contributed by atoms with Crippen LogP contribution in [-0.2, 0) is 4.74 Å². The highest BCUT2D eigenvalue weighted by molar-refractivity contribution is 14.0. The van der Waals surface area contributed by atoms with E-state index < -0.39 is 18.3 Å². The van der Waals surface area contributed by atoms with Gasteiger partial charge in [0, 0.05) is 45.8 Å². The zero-order chi connectivity index (χ0) is 21.7. The lowest BCUT2D eigenvalue weighted by Gasteiger charge is -2.34. The maximum Gasteiger partial charge on any atom is 0.410 e. The molecule has 2 aliphatic heterocycles. The number of aliphatic imine (C=N–C) groups is 1. The van der Waals surface area contributed by atoms with Crippen LogP contribution in [0.25, 0.3) is 0 Å². The minimum atomic E-state index is -4.17. The van der Waals surface area contributed by atoms with Crippen LogP contribution in [0.4, 0.5) is 18.0 Å². The first kappa shape index (κ1) is 27.1. The molecular weight excluding hydrogens is 514 g/mol. The number of hydrogen-bond acceptors (Lipinski definition) is 4. The maximum absolute atomic E-state index is 12.5. The Kier molecular flexibility index (Phi) is 10.4. The van der Waals surface area contributed by atoms with Crippen LogP contribution in [0.2, 0.25) is 0 Å². The van der Waals surface area contributed by atoms with Crippen LogP contribution in [0.1, 0.15) is 40.0 Å². The molecule has 2 saturated heterocycles. The summed E-state index contributed by atoms with van der Waals surface area (Å²) in [6.45, 7) is 7.37. The van der Waals surface area contributed by atoms with Crippen molar-refractivity contribution in [3.05, 3.63) is 0 Å². The van der Waals surface area contributed by atoms with Crippen molar-refractivity contribution in [2.45, 2.75) is 57.9 Å². The zero-order valence-corrected chi connectivity index (χ0v) is 20.5. The molecule has 176 valence electrons. The summed E-state index contributed by atoms with van der Waals surface area (Å²) in [7, 11) is 1.64. The summed E-state index contributed by atoms with van der Waals surface area (Å²) >= 11 is 0. The number of alkyl halides is 3. The molecule has 2 N–H and O–H groups in total. The quantitative estimate of drug-likeness (QED) is 0.321. The molecule has 2 atom stereocenters. The topological polar surface area (TPSA) is 69.2 Å². The van der Waals surface area contributed by atoms with E-state index in [-0.39, 0.29) is 42.0 Å². The van der Waals surface area contributed by atoms with Gasteiger partial charge in [-0.2, -0.15) is 13.2 Å². The monoisotopic (exact) mass is 549 g/mol. The lowest BCUT2D eigenvalue weighted by Crippen LogP contribution is -2.49. The van der Waals surface area contributed by atoms with Gasteiger partial charge in [0.15, 0.2) is 5.96 Å². The number of piperidine rings is 1. The number of likely N-dealkylation sites (tertiary alicyclic amines) is 2. The first-order valence-electron chi connectivity index (χ1n) is 10.2. The summed E-state index contributed by atoms with van der Waals surface area (Å²) in [5, 5.41) is 6.47. The fourth-order valence-corrected chi connectivity index (χ4v) is 3.70. The van der Waals surface area contributed by atoms with Gasteiger partial charge in [-0.15, -0.1) is 24.0 Å². The molecule has 11 heteroatoms. The van der Waals surface area contributed by atoms with Crippen molar-refractivity contribution in [1.82, 2.24) is 20.4 Å². The minimum absolute atomic E-state index is 0. The fourth-order valence-electron chi connectivity index (χ4n) is 3.70. The molecule has 2 heterocycles. The number of hydrogen-bond donors (Lipinski definition) is 2. The highest BCUT2D eigenvalue weighted by atomic mass is 127. The molecule has 2 aliphatic rings. The van der Waals surface area contributed by atoms with E-state index in [9.17, 15) is 18.0 Å². The molecule has 0 bridgehead atoms. The highest BCUT2D eigenvalue weighted by Crippen LogP contribution is 2.20. The highest BCUT2D eigenvalue weighted by Gasteiger charge is 2.34. The normalized spacial score (nSPS) is 23.7. The Bertz CT molecular complexity index is 583. The van der Waals surface area contributed by atoms with Gasteiger partial charge in [0.2, 0.25) is 0 Å². The molecule has 0 radical (unpaired) electrons. The Morgan fingerprint density at radius 2 is 1.87 bits per heavy atom. The van der Waals surface area contributed by atoms with E-state index in [1.807, 2.05) is 20.8 Å². The van der Waals surface area contributed by atoms with Gasteiger partial charge in [-0.05, 0) is 46.0 Å². The standard InChI is InChI=1S/C19H34F3N5O2.HI/c1-18(2,3)29-17(28)27-8-5-6-14(11-27)10-24-16(23-4)25-15-7-9-26(12-15)13-19(20,21)22;/h14-15H,5-13H2,1-4H3,(H2,23,24,25);1H. The van der Waals surface area contributed by atoms with Gasteiger partial charge in [0.05, 0.1) is 6.54 Å². The second-order valence-corrected chi connectivity index (χ2v) is 8.87. The third-order valence-electron chi connectivity index (χ3n) is 4.97. The third kappa shape index (κ3) is 9.88. The average Bonchev–Trinajstić information content (AvgIpc) is 3.02. The summed E-state index contributed by atoms with van der Waals surface area (Å²) < 4.78 is 43.1. The van der Waals surface area contributed by atoms with Gasteiger partial charge in [-0.25, -0.2) is 4.79 Å². The molecule has 0 saturated carbocycles. The first-order chi connectivity index (χ1) is 13.4. The summed E-state index contributed by atoms with van der Waals surface area (Å²) in [5.74, 6) is 0.846. The second kappa shape index (κ2) is 11.6. The van der Waals surface area contributed by atoms with E-state index in [1.54, 1.807) is 11.9 Å². The summed E-state index contributed by atoms with van der Waals surface area (Å²) in [6, 6.07) is -0.0619. The van der Waals surface area contributed by atoms with Crippen molar-refractivity contribution in [1.29, 1.82) is 0 Å². The van der Waals surface area contributed by atoms with Crippen molar-refractivity contribution < 1.29 is 22.7 Å². The van der Waals surface area contributed by atoms with Gasteiger partial charge in [0.1, 0.15) is 5.60 Å². The average molecular weight is 549 g/mol. The molecule has 7 nitrogen and oxygen atoms in total. The molecule has 0 spiro atoms. The molecule has 0 aromatic rings. The van der Waals surface area contributed by atoms with Crippen molar-refractivity contribution in [3.63, 3.8) is 0 Å². The number of halogens is 4. The van der Waals surface area contributed by atoms with Crippen LogP contribution < -0.4 is 10.6 Å². The lowest BCUT2D eigenvalue weighted by atomic mass is 9.98. The lowest BCUT2D eigenvalue weighted by molar-refractivity contribution is -0.143. The van der Waals surface area contributed by atoms with Crippen molar-refractivity contribution >= 4 is 36.0 Å². The molecule has 0 aliphatic carbocycles. The Morgan fingerprint density at radius 3 is 2.47 bits per heavy atom. The molecule has 2 fully saturated rings. The van der Waals surface area contributed by atoms with E-state index in [2.05, 4.69) is 15.6 Å². The van der Waals surface area contributed by atoms with Gasteiger partial charge >= 0.3 is 12.3 Å². The van der Waals surface area contributed by atoms with Gasteiger partial charge in [-0.3, -0.25) is 9.89 Å². The van der Waals surface area contributed by atoms with E-state index in [0.29, 0.717) is 45.1 Å². The second-order valence-electron chi connectivity index (χ2n) is 8.87. The van der Waals surface area contributed by atoms with Gasteiger partial charge in [-0.1, -0.05) is 0 Å². The summed E-state index contributed by atoms with van der Waals surface area (Å²) in [4.78, 5) is 19.6. The van der Waals surface area contributed by atoms with E-state index in [0.717, 1.165) is 12.8 Å². The number of nitrogens with zero attached hydrogens (tertiary/aromatic N) is 3. The Balaban J connectivity index is 0.00000450. The van der Waals surface area contributed by atoms with Crippen LogP contribution in [0.3, 0.4) is 0 Å². The minimum Gasteiger partial charge on any atom is -0.444 e. The molecule has 2 rings (SSSR count). The van der Waals surface area contributed by atoms with Crippen LogP contribution >= 0.6 is 24.0 Å². The Hall–Kier alpha value is -0.980. The third-order valence-corrected chi connectivity index (χ3v) is 4.97. The predicted octanol–water partition coefficient (Wildman–Crippen LogP) is 3.05. The first-order valence-corrected chi connectivity index (χ1v) is 10.2. The molecule has 1 amide bonds. The van der Waals surface area contributed by atoms with Crippen LogP contribution in [0, 0.1) is 5.92 Å². The molecule has 0 aromatic carbocycles. The van der Waals surface area contributed by atoms with Crippen molar-refractivity contribution in [2.75, 3.05) is 46.3 Å². The Labute approximate surface area is 194 Å². The predicted molar refractivity (Wildman–Crippen MR) is 121 cm³/mol. The molecule has 30 heavy (non-hydrogen) atoms. The largest absolute Gasteiger partial charge is 0.444 e. The number of nitrogens with one attached hydrogen (secondary N) is 2.